The summed E-state index contributed by atoms with van der Waals surface area (Å²) in [7, 11) is -2.85. The number of carbonyl (C=O) groups is 1. The number of aromatic carboxylic acids is 1. The minimum atomic E-state index is -4.01. The summed E-state index contributed by atoms with van der Waals surface area (Å²) >= 11 is 5.71. The second-order valence-corrected chi connectivity index (χ2v) is 5.49. The topological polar surface area (TPSA) is 92.7 Å². The van der Waals surface area contributed by atoms with E-state index in [2.05, 4.69) is 10.6 Å². The van der Waals surface area contributed by atoms with Gasteiger partial charge in [-0.1, -0.05) is 17.5 Å². The maximum atomic E-state index is 12.0. The summed E-state index contributed by atoms with van der Waals surface area (Å²) in [5, 5.41) is 8.96. The highest BCUT2D eigenvalue weighted by atomic mass is 35.5. The van der Waals surface area contributed by atoms with Crippen LogP contribution < -0.4 is 9.46 Å². The Morgan fingerprint density at radius 3 is 2.68 bits per heavy atom. The molecule has 0 radical (unpaired) electrons. The third-order valence-electron chi connectivity index (χ3n) is 2.11. The zero-order chi connectivity index (χ0) is 14.6. The predicted molar refractivity (Wildman–Crippen MR) is 69.0 cm³/mol. The van der Waals surface area contributed by atoms with Crippen LogP contribution in [0.15, 0.2) is 17.0 Å². The molecule has 102 valence electrons. The van der Waals surface area contributed by atoms with Crippen molar-refractivity contribution in [3.8, 4) is 18.1 Å². The number of rotatable bonds is 5. The molecule has 0 aliphatic carbocycles. The SMILES string of the molecule is C#CCNS(=O)(=O)c1cc(Cl)cc(C(=O)O)c1OC. The van der Waals surface area contributed by atoms with Gasteiger partial charge in [0.05, 0.1) is 13.7 Å². The summed E-state index contributed by atoms with van der Waals surface area (Å²) in [6.45, 7) is -0.236. The molecule has 0 bridgehead atoms. The van der Waals surface area contributed by atoms with Gasteiger partial charge in [-0.25, -0.2) is 13.2 Å². The van der Waals surface area contributed by atoms with Gasteiger partial charge in [0.1, 0.15) is 10.5 Å². The summed E-state index contributed by atoms with van der Waals surface area (Å²) in [5.74, 6) is 0.444. The minimum absolute atomic E-state index is 0.0423. The molecule has 0 aromatic heterocycles. The minimum Gasteiger partial charge on any atom is -0.494 e. The Kier molecular flexibility index (Phi) is 4.78. The molecule has 0 aliphatic heterocycles. The number of hydrogen-bond donors (Lipinski definition) is 2. The Morgan fingerprint density at radius 2 is 2.21 bits per heavy atom. The Morgan fingerprint density at radius 1 is 1.58 bits per heavy atom. The number of nitrogens with one attached hydrogen (secondary N) is 1. The lowest BCUT2D eigenvalue weighted by Crippen LogP contribution is -2.25. The van der Waals surface area contributed by atoms with Gasteiger partial charge in [-0.3, -0.25) is 0 Å². The second-order valence-electron chi connectivity index (χ2n) is 3.32. The first-order valence-electron chi connectivity index (χ1n) is 4.87. The van der Waals surface area contributed by atoms with Gasteiger partial charge in [0, 0.05) is 5.02 Å². The number of terminal acetylenes is 1. The number of carboxylic acid groups (broad SMARTS) is 1. The molecular weight excluding hydrogens is 294 g/mol. The number of ether oxygens (including phenoxy) is 1. The highest BCUT2D eigenvalue weighted by molar-refractivity contribution is 7.89. The van der Waals surface area contributed by atoms with Crippen LogP contribution in [0.1, 0.15) is 10.4 Å². The van der Waals surface area contributed by atoms with Crippen molar-refractivity contribution in [2.45, 2.75) is 4.90 Å². The van der Waals surface area contributed by atoms with Crippen molar-refractivity contribution in [3.05, 3.63) is 22.7 Å². The van der Waals surface area contributed by atoms with Gasteiger partial charge in [0.2, 0.25) is 10.0 Å². The zero-order valence-electron chi connectivity index (χ0n) is 9.81. The van der Waals surface area contributed by atoms with Gasteiger partial charge in [-0.05, 0) is 12.1 Å². The predicted octanol–water partition coefficient (Wildman–Crippen LogP) is 0.958. The summed E-state index contributed by atoms with van der Waals surface area (Å²) in [5.41, 5.74) is -0.351. The third kappa shape index (κ3) is 3.38. The normalized spacial score (nSPS) is 10.8. The molecule has 19 heavy (non-hydrogen) atoms. The van der Waals surface area contributed by atoms with Crippen LogP contribution in [0.5, 0.6) is 5.75 Å². The van der Waals surface area contributed by atoms with E-state index in [1.807, 2.05) is 0 Å². The van der Waals surface area contributed by atoms with Gasteiger partial charge in [0.15, 0.2) is 5.75 Å². The highest BCUT2D eigenvalue weighted by Gasteiger charge is 2.25. The fraction of sp³-hybridized carbons (Fsp3) is 0.182. The first kappa shape index (κ1) is 15.3. The van der Waals surface area contributed by atoms with Crippen LogP contribution in [-0.2, 0) is 10.0 Å². The molecule has 1 rings (SSSR count). The zero-order valence-corrected chi connectivity index (χ0v) is 11.4. The van der Waals surface area contributed by atoms with Crippen LogP contribution in [-0.4, -0.2) is 33.1 Å². The summed E-state index contributed by atoms with van der Waals surface area (Å²) < 4.78 is 30.9. The van der Waals surface area contributed by atoms with Crippen LogP contribution in [0.3, 0.4) is 0 Å². The first-order valence-corrected chi connectivity index (χ1v) is 6.73. The molecule has 0 atom stereocenters. The van der Waals surface area contributed by atoms with E-state index in [4.69, 9.17) is 27.9 Å². The van der Waals surface area contributed by atoms with Gasteiger partial charge in [-0.15, -0.1) is 6.42 Å². The van der Waals surface area contributed by atoms with Gasteiger partial charge in [-0.2, -0.15) is 4.72 Å². The monoisotopic (exact) mass is 303 g/mol. The van der Waals surface area contributed by atoms with E-state index in [0.717, 1.165) is 19.2 Å². The molecule has 0 amide bonds. The third-order valence-corrected chi connectivity index (χ3v) is 3.73. The summed E-state index contributed by atoms with van der Waals surface area (Å²) in [4.78, 5) is 10.7. The number of halogens is 1. The lowest BCUT2D eigenvalue weighted by Gasteiger charge is -2.12. The fourth-order valence-electron chi connectivity index (χ4n) is 1.35. The second kappa shape index (κ2) is 5.93. The Balaban J connectivity index is 3.51. The number of benzene rings is 1. The average molecular weight is 304 g/mol. The maximum absolute atomic E-state index is 12.0. The van der Waals surface area contributed by atoms with Crippen molar-refractivity contribution in [3.63, 3.8) is 0 Å². The molecule has 0 saturated heterocycles. The number of hydrogen-bond acceptors (Lipinski definition) is 4. The molecule has 0 unspecified atom stereocenters. The van der Waals surface area contributed by atoms with Crippen molar-refractivity contribution in [2.75, 3.05) is 13.7 Å². The number of carboxylic acids is 1. The van der Waals surface area contributed by atoms with E-state index in [9.17, 15) is 13.2 Å². The van der Waals surface area contributed by atoms with E-state index in [0.29, 0.717) is 0 Å². The van der Waals surface area contributed by atoms with E-state index in [1.165, 1.54) is 0 Å². The van der Waals surface area contributed by atoms with Crippen LogP contribution in [0.25, 0.3) is 0 Å². The fourth-order valence-corrected chi connectivity index (χ4v) is 2.78. The molecular formula is C11H10ClNO5S. The van der Waals surface area contributed by atoms with Crippen molar-refractivity contribution < 1.29 is 23.1 Å². The molecule has 6 nitrogen and oxygen atoms in total. The average Bonchev–Trinajstić information content (AvgIpc) is 2.35. The standard InChI is InChI=1S/C11H10ClNO5S/c1-3-4-13-19(16,17)9-6-7(12)5-8(11(14)15)10(9)18-2/h1,5-6,13H,4H2,2H3,(H,14,15). The van der Waals surface area contributed by atoms with Crippen LogP contribution >= 0.6 is 11.6 Å². The Hall–Kier alpha value is -1.75. The smallest absolute Gasteiger partial charge is 0.339 e. The van der Waals surface area contributed by atoms with E-state index >= 15 is 0 Å². The molecule has 2 N–H and O–H groups in total. The van der Waals surface area contributed by atoms with Gasteiger partial charge < -0.3 is 9.84 Å². The van der Waals surface area contributed by atoms with Crippen LogP contribution in [0.2, 0.25) is 5.02 Å². The summed E-state index contributed by atoms with van der Waals surface area (Å²) in [6, 6.07) is 2.19. The molecule has 0 aliphatic rings. The molecule has 0 saturated carbocycles. The largest absolute Gasteiger partial charge is 0.494 e. The Labute approximate surface area is 115 Å². The molecule has 1 aromatic carbocycles. The first-order chi connectivity index (χ1) is 8.83. The van der Waals surface area contributed by atoms with Crippen LogP contribution in [0, 0.1) is 12.3 Å². The lowest BCUT2D eigenvalue weighted by molar-refractivity contribution is 0.0693. The van der Waals surface area contributed by atoms with Gasteiger partial charge >= 0.3 is 5.97 Å². The summed E-state index contributed by atoms with van der Waals surface area (Å²) in [6.07, 6.45) is 4.96. The van der Waals surface area contributed by atoms with Crippen LogP contribution in [0.4, 0.5) is 0 Å². The molecule has 0 heterocycles. The quantitative estimate of drug-likeness (QED) is 0.790. The van der Waals surface area contributed by atoms with E-state index in [1.54, 1.807) is 0 Å². The molecule has 0 spiro atoms. The Bertz CT molecular complexity index is 648. The lowest BCUT2D eigenvalue weighted by atomic mass is 10.2. The number of methoxy groups -OCH3 is 1. The van der Waals surface area contributed by atoms with Gasteiger partial charge in [0.25, 0.3) is 0 Å². The van der Waals surface area contributed by atoms with E-state index < -0.39 is 16.0 Å². The molecule has 8 heteroatoms. The van der Waals surface area contributed by atoms with Crippen molar-refractivity contribution in [1.82, 2.24) is 4.72 Å². The maximum Gasteiger partial charge on any atom is 0.339 e. The van der Waals surface area contributed by atoms with Crippen molar-refractivity contribution in [1.29, 1.82) is 0 Å². The van der Waals surface area contributed by atoms with E-state index in [-0.39, 0.29) is 27.8 Å². The van der Waals surface area contributed by atoms with Crippen molar-refractivity contribution in [2.24, 2.45) is 0 Å². The number of sulfonamides is 1. The highest BCUT2D eigenvalue weighted by Crippen LogP contribution is 2.31. The molecule has 0 fully saturated rings. The van der Waals surface area contributed by atoms with Crippen molar-refractivity contribution >= 4 is 27.6 Å². The molecule has 1 aromatic rings.